The highest BCUT2D eigenvalue weighted by Gasteiger charge is 2.28. The molecule has 35 heavy (non-hydrogen) atoms. The summed E-state index contributed by atoms with van der Waals surface area (Å²) in [5.41, 5.74) is 3.86. The van der Waals surface area contributed by atoms with Crippen molar-refractivity contribution in [2.24, 2.45) is 5.92 Å². The van der Waals surface area contributed by atoms with Gasteiger partial charge in [0.15, 0.2) is 5.82 Å². The molecule has 0 spiro atoms. The van der Waals surface area contributed by atoms with Crippen molar-refractivity contribution in [2.45, 2.75) is 52.9 Å². The molecule has 2 aromatic heterocycles. The maximum Gasteiger partial charge on any atom is 0.209 e. The van der Waals surface area contributed by atoms with Crippen LogP contribution in [0.2, 0.25) is 0 Å². The maximum atomic E-state index is 11.9. The van der Waals surface area contributed by atoms with Gasteiger partial charge in [-0.2, -0.15) is 0 Å². The molecule has 0 unspecified atom stereocenters. The zero-order valence-corrected chi connectivity index (χ0v) is 21.7. The first-order valence-corrected chi connectivity index (χ1v) is 14.3. The first kappa shape index (κ1) is 24.0. The third kappa shape index (κ3) is 4.72. The predicted octanol–water partition coefficient (Wildman–Crippen LogP) is 3.71. The Bertz CT molecular complexity index is 1470. The molecule has 186 valence electrons. The van der Waals surface area contributed by atoms with Gasteiger partial charge in [0, 0.05) is 61.0 Å². The van der Waals surface area contributed by atoms with Gasteiger partial charge in [0.05, 0.1) is 12.3 Å². The summed E-state index contributed by atoms with van der Waals surface area (Å²) in [6.45, 7) is 10.5. The molecular formula is C26H34N6O2S. The van der Waals surface area contributed by atoms with Gasteiger partial charge in [-0.3, -0.25) is 4.90 Å². The first-order valence-electron chi connectivity index (χ1n) is 12.4. The number of aryl methyl sites for hydroxylation is 1. The second-order valence-electron chi connectivity index (χ2n) is 9.88. The molecule has 1 aliphatic rings. The molecule has 0 amide bonds. The minimum absolute atomic E-state index is 0.0642. The minimum Gasteiger partial charge on any atom is -0.341 e. The zero-order chi connectivity index (χ0) is 24.7. The average Bonchev–Trinajstić information content (AvgIpc) is 3.29. The van der Waals surface area contributed by atoms with Crippen molar-refractivity contribution in [1.29, 1.82) is 0 Å². The van der Waals surface area contributed by atoms with Crippen LogP contribution in [0.4, 0.5) is 0 Å². The molecule has 0 fully saturated rings. The van der Waals surface area contributed by atoms with E-state index < -0.39 is 16.1 Å². The van der Waals surface area contributed by atoms with Gasteiger partial charge in [-0.1, -0.05) is 38.1 Å². The lowest BCUT2D eigenvalue weighted by Crippen LogP contribution is -2.33. The van der Waals surface area contributed by atoms with E-state index in [1.807, 2.05) is 13.8 Å². The number of nitrogens with zero attached hydrogens (tertiary/aromatic N) is 5. The molecule has 0 aliphatic carbocycles. The Kier molecular flexibility index (Phi) is 6.41. The van der Waals surface area contributed by atoms with E-state index in [0.29, 0.717) is 5.82 Å². The van der Waals surface area contributed by atoms with E-state index >= 15 is 0 Å². The molecule has 4 aromatic rings. The standard InChI is InChI=1S/C26H34N6O2S/c1-5-31-22-9-7-6-8-20(22)21-16-19(10-11-23(21)31)17-30-13-12-24-27-28-26(32(24)15-14-30)25(18(2)3)29-35(4,33)34/h6-11,16,18,25,29H,5,12-15,17H2,1-4H3/t25-/m0/s1. The third-order valence-corrected chi connectivity index (χ3v) is 7.67. The predicted molar refractivity (Wildman–Crippen MR) is 140 cm³/mol. The fourth-order valence-electron chi connectivity index (χ4n) is 5.29. The summed E-state index contributed by atoms with van der Waals surface area (Å²) in [4.78, 5) is 2.45. The van der Waals surface area contributed by atoms with E-state index in [9.17, 15) is 8.42 Å². The largest absolute Gasteiger partial charge is 0.341 e. The average molecular weight is 495 g/mol. The third-order valence-electron chi connectivity index (χ3n) is 6.99. The van der Waals surface area contributed by atoms with E-state index in [1.54, 1.807) is 0 Å². The number of sulfonamides is 1. The number of nitrogens with one attached hydrogen (secondary N) is 1. The SMILES string of the molecule is CCn1c2ccccc2c2cc(CN3CCc4nnc([C@@H](NS(C)(=O)=O)C(C)C)n4CC3)ccc21. The molecule has 1 atom stereocenters. The molecular weight excluding hydrogens is 460 g/mol. The lowest BCUT2D eigenvalue weighted by atomic mass is 10.1. The number of hydrogen-bond acceptors (Lipinski definition) is 5. The van der Waals surface area contributed by atoms with Gasteiger partial charge in [0.1, 0.15) is 5.82 Å². The highest BCUT2D eigenvalue weighted by Crippen LogP contribution is 2.30. The van der Waals surface area contributed by atoms with E-state index in [2.05, 4.69) is 78.3 Å². The van der Waals surface area contributed by atoms with E-state index in [0.717, 1.165) is 45.0 Å². The van der Waals surface area contributed by atoms with Crippen LogP contribution in [0, 0.1) is 5.92 Å². The van der Waals surface area contributed by atoms with E-state index in [4.69, 9.17) is 0 Å². The van der Waals surface area contributed by atoms with Gasteiger partial charge >= 0.3 is 0 Å². The lowest BCUT2D eigenvalue weighted by Gasteiger charge is -2.22. The summed E-state index contributed by atoms with van der Waals surface area (Å²) in [6, 6.07) is 15.1. The lowest BCUT2D eigenvalue weighted by molar-refractivity contribution is 0.269. The highest BCUT2D eigenvalue weighted by molar-refractivity contribution is 7.88. The Morgan fingerprint density at radius 3 is 2.51 bits per heavy atom. The smallest absolute Gasteiger partial charge is 0.209 e. The summed E-state index contributed by atoms with van der Waals surface area (Å²) in [5, 5.41) is 11.4. The Hall–Kier alpha value is -2.75. The number of para-hydroxylation sites is 1. The van der Waals surface area contributed by atoms with Crippen LogP contribution in [-0.4, -0.2) is 52.0 Å². The fourth-order valence-corrected chi connectivity index (χ4v) is 6.13. The minimum atomic E-state index is -3.36. The monoisotopic (exact) mass is 494 g/mol. The number of hydrogen-bond donors (Lipinski definition) is 1. The van der Waals surface area contributed by atoms with Crippen molar-refractivity contribution in [3.8, 4) is 0 Å². The van der Waals surface area contributed by atoms with E-state index in [-0.39, 0.29) is 5.92 Å². The number of rotatable bonds is 7. The normalized spacial score (nSPS) is 16.1. The fraction of sp³-hybridized carbons (Fsp3) is 0.462. The van der Waals surface area contributed by atoms with Crippen molar-refractivity contribution in [3.05, 3.63) is 59.7 Å². The molecule has 1 N–H and O–H groups in total. The molecule has 0 saturated carbocycles. The first-order chi connectivity index (χ1) is 16.7. The van der Waals surface area contributed by atoms with Crippen molar-refractivity contribution >= 4 is 31.8 Å². The summed E-state index contributed by atoms with van der Waals surface area (Å²) >= 11 is 0. The van der Waals surface area contributed by atoms with Gasteiger partial charge in [-0.05, 0) is 36.6 Å². The van der Waals surface area contributed by atoms with Crippen molar-refractivity contribution in [1.82, 2.24) is 29.0 Å². The number of aromatic nitrogens is 4. The quantitative estimate of drug-likeness (QED) is 0.423. The zero-order valence-electron chi connectivity index (χ0n) is 20.9. The molecule has 0 saturated heterocycles. The topological polar surface area (TPSA) is 85.1 Å². The van der Waals surface area contributed by atoms with Crippen molar-refractivity contribution in [3.63, 3.8) is 0 Å². The Labute approximate surface area is 207 Å². The molecule has 8 nitrogen and oxygen atoms in total. The number of benzene rings is 2. The summed E-state index contributed by atoms with van der Waals surface area (Å²) in [6.07, 6.45) is 1.98. The van der Waals surface area contributed by atoms with Crippen LogP contribution in [0.1, 0.15) is 44.0 Å². The van der Waals surface area contributed by atoms with Crippen LogP contribution in [0.3, 0.4) is 0 Å². The molecule has 9 heteroatoms. The summed E-state index contributed by atoms with van der Waals surface area (Å²) in [7, 11) is -3.36. The Balaban J connectivity index is 1.37. The molecule has 0 radical (unpaired) electrons. The Morgan fingerprint density at radius 2 is 1.77 bits per heavy atom. The van der Waals surface area contributed by atoms with Gasteiger partial charge in [0.25, 0.3) is 0 Å². The molecule has 2 aromatic carbocycles. The van der Waals surface area contributed by atoms with Crippen molar-refractivity contribution in [2.75, 3.05) is 19.3 Å². The summed E-state index contributed by atoms with van der Waals surface area (Å²) in [5.74, 6) is 1.69. The van der Waals surface area contributed by atoms with Gasteiger partial charge in [-0.15, -0.1) is 10.2 Å². The van der Waals surface area contributed by atoms with Gasteiger partial charge < -0.3 is 9.13 Å². The summed E-state index contributed by atoms with van der Waals surface area (Å²) < 4.78 is 31.1. The maximum absolute atomic E-state index is 11.9. The van der Waals surface area contributed by atoms with Gasteiger partial charge in [0.2, 0.25) is 10.0 Å². The van der Waals surface area contributed by atoms with Crippen LogP contribution in [0.5, 0.6) is 0 Å². The van der Waals surface area contributed by atoms with Crippen LogP contribution >= 0.6 is 0 Å². The van der Waals surface area contributed by atoms with Crippen LogP contribution in [0.15, 0.2) is 42.5 Å². The molecule has 1 aliphatic heterocycles. The Morgan fingerprint density at radius 1 is 1.00 bits per heavy atom. The number of fused-ring (bicyclic) bond motifs is 4. The second kappa shape index (κ2) is 9.37. The van der Waals surface area contributed by atoms with Crippen LogP contribution in [-0.2, 0) is 36.1 Å². The highest BCUT2D eigenvalue weighted by atomic mass is 32.2. The van der Waals surface area contributed by atoms with Gasteiger partial charge in [-0.25, -0.2) is 13.1 Å². The second-order valence-corrected chi connectivity index (χ2v) is 11.7. The molecule has 0 bridgehead atoms. The molecule has 5 rings (SSSR count). The van der Waals surface area contributed by atoms with Crippen LogP contribution in [0.25, 0.3) is 21.8 Å². The van der Waals surface area contributed by atoms with Crippen LogP contribution < -0.4 is 4.72 Å². The van der Waals surface area contributed by atoms with Crippen molar-refractivity contribution < 1.29 is 8.42 Å². The molecule has 3 heterocycles. The van der Waals surface area contributed by atoms with E-state index in [1.165, 1.54) is 33.6 Å².